The minimum Gasteiger partial charge on any atom is -0.497 e. The predicted molar refractivity (Wildman–Crippen MR) is 72.7 cm³/mol. The lowest BCUT2D eigenvalue weighted by atomic mass is 9.98. The molecular weight excluding hydrogens is 244 g/mol. The molecule has 0 aromatic heterocycles. The van der Waals surface area contributed by atoms with Crippen molar-refractivity contribution in [1.29, 1.82) is 0 Å². The molecule has 0 aliphatic carbocycles. The molecule has 19 heavy (non-hydrogen) atoms. The Bertz CT molecular complexity index is 399. The smallest absolute Gasteiger partial charge is 0.128 e. The lowest BCUT2D eigenvalue weighted by molar-refractivity contribution is -0.0159. The minimum atomic E-state index is -0.566. The van der Waals surface area contributed by atoms with Gasteiger partial charge in [0.05, 0.1) is 26.4 Å². The highest BCUT2D eigenvalue weighted by atomic mass is 16.5. The van der Waals surface area contributed by atoms with E-state index in [4.69, 9.17) is 14.2 Å². The van der Waals surface area contributed by atoms with Gasteiger partial charge in [0.2, 0.25) is 0 Å². The van der Waals surface area contributed by atoms with Gasteiger partial charge in [-0.3, -0.25) is 0 Å². The summed E-state index contributed by atoms with van der Waals surface area (Å²) in [4.78, 5) is 0. The zero-order valence-electron chi connectivity index (χ0n) is 11.6. The molecular formula is C15H22O4. The van der Waals surface area contributed by atoms with Crippen LogP contribution in [0.25, 0.3) is 0 Å². The van der Waals surface area contributed by atoms with Crippen LogP contribution in [-0.4, -0.2) is 32.0 Å². The molecule has 4 heteroatoms. The molecule has 1 aliphatic heterocycles. The number of aliphatic hydroxyl groups excluding tert-OH is 1. The molecule has 4 nitrogen and oxygen atoms in total. The third-order valence-electron chi connectivity index (χ3n) is 3.56. The number of aliphatic hydroxyl groups is 1. The average molecular weight is 266 g/mol. The number of methoxy groups -OCH3 is 2. The van der Waals surface area contributed by atoms with Gasteiger partial charge in [0.15, 0.2) is 0 Å². The van der Waals surface area contributed by atoms with Gasteiger partial charge in [0.1, 0.15) is 11.5 Å². The zero-order valence-corrected chi connectivity index (χ0v) is 11.6. The SMILES string of the molecule is COc1ccc(C(O)CC2CCCCO2)c(OC)c1. The van der Waals surface area contributed by atoms with E-state index >= 15 is 0 Å². The van der Waals surface area contributed by atoms with E-state index < -0.39 is 6.10 Å². The third-order valence-corrected chi connectivity index (χ3v) is 3.56. The van der Waals surface area contributed by atoms with E-state index in [1.807, 2.05) is 12.1 Å². The molecule has 0 saturated carbocycles. The summed E-state index contributed by atoms with van der Waals surface area (Å²) in [5, 5.41) is 10.3. The van der Waals surface area contributed by atoms with E-state index in [1.165, 1.54) is 6.42 Å². The van der Waals surface area contributed by atoms with Gasteiger partial charge in [0, 0.05) is 24.7 Å². The van der Waals surface area contributed by atoms with Crippen molar-refractivity contribution in [2.45, 2.75) is 37.9 Å². The molecule has 106 valence electrons. The molecule has 0 bridgehead atoms. The summed E-state index contributed by atoms with van der Waals surface area (Å²) in [6.45, 7) is 0.803. The molecule has 1 aromatic rings. The summed E-state index contributed by atoms with van der Waals surface area (Å²) < 4.78 is 16.1. The molecule has 0 amide bonds. The maximum absolute atomic E-state index is 10.3. The Morgan fingerprint density at radius 2 is 2.16 bits per heavy atom. The van der Waals surface area contributed by atoms with Crippen LogP contribution in [0.4, 0.5) is 0 Å². The van der Waals surface area contributed by atoms with Gasteiger partial charge >= 0.3 is 0 Å². The predicted octanol–water partition coefficient (Wildman–Crippen LogP) is 2.70. The fourth-order valence-corrected chi connectivity index (χ4v) is 2.46. The molecule has 1 aliphatic rings. The molecule has 2 atom stereocenters. The standard InChI is InChI=1S/C15H22O4/c1-17-11-6-7-13(15(10-11)18-2)14(16)9-12-5-3-4-8-19-12/h6-7,10,12,14,16H,3-5,8-9H2,1-2H3. The largest absolute Gasteiger partial charge is 0.497 e. The highest BCUT2D eigenvalue weighted by Crippen LogP contribution is 2.33. The van der Waals surface area contributed by atoms with Crippen LogP contribution in [0.5, 0.6) is 11.5 Å². The van der Waals surface area contributed by atoms with Crippen LogP contribution in [0, 0.1) is 0 Å². The highest BCUT2D eigenvalue weighted by molar-refractivity contribution is 5.42. The maximum atomic E-state index is 10.3. The van der Waals surface area contributed by atoms with E-state index in [2.05, 4.69) is 0 Å². The summed E-state index contributed by atoms with van der Waals surface area (Å²) in [5.74, 6) is 1.38. The first-order valence-corrected chi connectivity index (χ1v) is 6.76. The van der Waals surface area contributed by atoms with Gasteiger partial charge in [-0.1, -0.05) is 0 Å². The Hall–Kier alpha value is -1.26. The average Bonchev–Trinajstić information content (AvgIpc) is 2.47. The van der Waals surface area contributed by atoms with Crippen molar-refractivity contribution < 1.29 is 19.3 Å². The van der Waals surface area contributed by atoms with Crippen molar-refractivity contribution in [2.75, 3.05) is 20.8 Å². The molecule has 1 aromatic carbocycles. The van der Waals surface area contributed by atoms with Gasteiger partial charge in [-0.15, -0.1) is 0 Å². The van der Waals surface area contributed by atoms with Crippen molar-refractivity contribution in [3.8, 4) is 11.5 Å². The summed E-state index contributed by atoms with van der Waals surface area (Å²) in [5.41, 5.74) is 0.789. The summed E-state index contributed by atoms with van der Waals surface area (Å²) >= 11 is 0. The van der Waals surface area contributed by atoms with Crippen molar-refractivity contribution in [2.24, 2.45) is 0 Å². The van der Waals surface area contributed by atoms with Gasteiger partial charge in [-0.2, -0.15) is 0 Å². The summed E-state index contributed by atoms with van der Waals surface area (Å²) in [7, 11) is 3.21. The highest BCUT2D eigenvalue weighted by Gasteiger charge is 2.21. The first-order valence-electron chi connectivity index (χ1n) is 6.76. The van der Waals surface area contributed by atoms with Gasteiger partial charge < -0.3 is 19.3 Å². The van der Waals surface area contributed by atoms with Crippen LogP contribution >= 0.6 is 0 Å². The summed E-state index contributed by atoms with van der Waals surface area (Å²) in [6, 6.07) is 5.48. The van der Waals surface area contributed by atoms with Crippen molar-refractivity contribution in [3.63, 3.8) is 0 Å². The second kappa shape index (κ2) is 6.78. The maximum Gasteiger partial charge on any atom is 0.128 e. The topological polar surface area (TPSA) is 47.9 Å². The Kier molecular flexibility index (Phi) is 5.05. The minimum absolute atomic E-state index is 0.149. The molecule has 1 fully saturated rings. The lowest BCUT2D eigenvalue weighted by Gasteiger charge is -2.25. The number of hydrogen-bond acceptors (Lipinski definition) is 4. The normalized spacial score (nSPS) is 20.9. The Balaban J connectivity index is 2.06. The Labute approximate surface area is 114 Å². The van der Waals surface area contributed by atoms with Gasteiger partial charge in [0.25, 0.3) is 0 Å². The Morgan fingerprint density at radius 3 is 2.79 bits per heavy atom. The van der Waals surface area contributed by atoms with Crippen LogP contribution in [-0.2, 0) is 4.74 Å². The Morgan fingerprint density at radius 1 is 1.32 bits per heavy atom. The van der Waals surface area contributed by atoms with Crippen LogP contribution in [0.1, 0.15) is 37.4 Å². The van der Waals surface area contributed by atoms with Crippen LogP contribution in [0.2, 0.25) is 0 Å². The van der Waals surface area contributed by atoms with Crippen LogP contribution in [0.15, 0.2) is 18.2 Å². The fourth-order valence-electron chi connectivity index (χ4n) is 2.46. The second-order valence-electron chi connectivity index (χ2n) is 4.85. The van der Waals surface area contributed by atoms with Gasteiger partial charge in [-0.05, 0) is 31.4 Å². The third kappa shape index (κ3) is 3.61. The van der Waals surface area contributed by atoms with Crippen LogP contribution in [0.3, 0.4) is 0 Å². The van der Waals surface area contributed by atoms with E-state index in [0.717, 1.165) is 30.8 Å². The molecule has 2 unspecified atom stereocenters. The van der Waals surface area contributed by atoms with Gasteiger partial charge in [-0.25, -0.2) is 0 Å². The first kappa shape index (κ1) is 14.2. The molecule has 1 heterocycles. The van der Waals surface area contributed by atoms with Crippen LogP contribution < -0.4 is 9.47 Å². The lowest BCUT2D eigenvalue weighted by Crippen LogP contribution is -2.21. The van der Waals surface area contributed by atoms with E-state index in [-0.39, 0.29) is 6.10 Å². The quantitative estimate of drug-likeness (QED) is 0.890. The summed E-state index contributed by atoms with van der Waals surface area (Å²) in [6.07, 6.45) is 3.52. The van der Waals surface area contributed by atoms with E-state index in [1.54, 1.807) is 20.3 Å². The molecule has 1 N–H and O–H groups in total. The molecule has 0 radical (unpaired) electrons. The monoisotopic (exact) mass is 266 g/mol. The number of benzene rings is 1. The molecule has 1 saturated heterocycles. The number of hydrogen-bond donors (Lipinski definition) is 1. The fraction of sp³-hybridized carbons (Fsp3) is 0.600. The first-order chi connectivity index (χ1) is 9.24. The zero-order chi connectivity index (χ0) is 13.7. The van der Waals surface area contributed by atoms with E-state index in [9.17, 15) is 5.11 Å². The van der Waals surface area contributed by atoms with Crippen molar-refractivity contribution in [3.05, 3.63) is 23.8 Å². The number of rotatable bonds is 5. The molecule has 0 spiro atoms. The molecule has 2 rings (SSSR count). The van der Waals surface area contributed by atoms with Crippen molar-refractivity contribution >= 4 is 0 Å². The number of ether oxygens (including phenoxy) is 3. The van der Waals surface area contributed by atoms with Crippen molar-refractivity contribution in [1.82, 2.24) is 0 Å². The van der Waals surface area contributed by atoms with E-state index in [0.29, 0.717) is 12.2 Å². The second-order valence-corrected chi connectivity index (χ2v) is 4.85.